The first-order chi connectivity index (χ1) is 27.8. The zero-order valence-electron chi connectivity index (χ0n) is 33.1. The molecule has 1 saturated carbocycles. The van der Waals surface area contributed by atoms with E-state index in [2.05, 4.69) is 5.32 Å². The second kappa shape index (κ2) is 23.1. The fourth-order valence-corrected chi connectivity index (χ4v) is 7.95. The summed E-state index contributed by atoms with van der Waals surface area (Å²) in [5.74, 6) is -0.298. The van der Waals surface area contributed by atoms with Crippen molar-refractivity contribution in [2.45, 2.75) is 76.6 Å². The van der Waals surface area contributed by atoms with Crippen LogP contribution in [-0.2, 0) is 35.1 Å². The van der Waals surface area contributed by atoms with Crippen LogP contribution in [0.3, 0.4) is 0 Å². The number of carbonyl (C=O) groups excluding carboxylic acids is 4. The summed E-state index contributed by atoms with van der Waals surface area (Å²) in [6, 6.07) is 14.4. The number of rotatable bonds is 22. The summed E-state index contributed by atoms with van der Waals surface area (Å²) < 4.78 is 27.6. The Morgan fingerprint density at radius 3 is 2.32 bits per heavy atom. The summed E-state index contributed by atoms with van der Waals surface area (Å²) in [5, 5.41) is 5.47. The maximum absolute atomic E-state index is 14.4. The number of aromatic nitrogens is 1. The number of nitrogens with zero attached hydrogens (tertiary/aromatic N) is 3. The lowest BCUT2D eigenvalue weighted by Gasteiger charge is -2.35. The summed E-state index contributed by atoms with van der Waals surface area (Å²) in [7, 11) is 1.52. The Kier molecular flexibility index (Phi) is 17.7. The first-order valence-corrected chi connectivity index (χ1v) is 20.9. The van der Waals surface area contributed by atoms with Crippen LogP contribution in [0.4, 0.5) is 4.79 Å². The Balaban J connectivity index is 1.15. The molecule has 1 saturated heterocycles. The van der Waals surface area contributed by atoms with E-state index in [4.69, 9.17) is 34.4 Å². The number of benzene rings is 2. The molecule has 1 aliphatic carbocycles. The van der Waals surface area contributed by atoms with Crippen molar-refractivity contribution in [1.29, 1.82) is 0 Å². The third-order valence-electron chi connectivity index (χ3n) is 10.3. The van der Waals surface area contributed by atoms with Gasteiger partial charge in [0.1, 0.15) is 41.7 Å². The number of nitrogens with one attached hydrogen (secondary N) is 1. The number of amides is 3. The molecule has 2 unspecified atom stereocenters. The Morgan fingerprint density at radius 2 is 1.60 bits per heavy atom. The molecule has 2 aliphatic rings. The van der Waals surface area contributed by atoms with Crippen molar-refractivity contribution in [2.75, 3.05) is 66.4 Å². The third kappa shape index (κ3) is 13.1. The Morgan fingerprint density at radius 1 is 0.895 bits per heavy atom. The van der Waals surface area contributed by atoms with E-state index in [-0.39, 0.29) is 30.3 Å². The average molecular weight is 808 g/mol. The van der Waals surface area contributed by atoms with Crippen LogP contribution in [-0.4, -0.2) is 117 Å². The molecule has 0 bridgehead atoms. The van der Waals surface area contributed by atoms with Gasteiger partial charge in [-0.15, -0.1) is 11.3 Å². The Hall–Kier alpha value is -4.41. The Labute approximate surface area is 339 Å². The molecule has 1 aliphatic heterocycles. The van der Waals surface area contributed by atoms with E-state index >= 15 is 0 Å². The van der Waals surface area contributed by atoms with Crippen molar-refractivity contribution in [3.8, 4) is 5.75 Å². The molecule has 57 heavy (non-hydrogen) atoms. The van der Waals surface area contributed by atoms with Gasteiger partial charge in [-0.25, -0.2) is 9.78 Å². The van der Waals surface area contributed by atoms with Crippen LogP contribution in [0.1, 0.15) is 84.5 Å². The second-order valence-electron chi connectivity index (χ2n) is 14.3. The monoisotopic (exact) mass is 807 g/mol. The number of hydrogen-bond donors (Lipinski definition) is 2. The number of nitrogens with two attached hydrogens (primary N) is 1. The minimum absolute atomic E-state index is 0.0281. The van der Waals surface area contributed by atoms with Crippen molar-refractivity contribution in [2.24, 2.45) is 11.7 Å². The summed E-state index contributed by atoms with van der Waals surface area (Å²) >= 11 is 1.36. The summed E-state index contributed by atoms with van der Waals surface area (Å²) in [6.07, 6.45) is 5.55. The standard InChI is InChI=1S/C42H57N5O9S/c1-30(46(2)42(51)56-28-31-11-5-3-6-12-31)39(49)45-37(32-13-7-4-8-14-32)41(50)47-19-10-17-36(47)40-44-35(29-57-40)38(48)33-15-9-16-34(27-33)55-26-25-54-24-23-53-22-21-52-20-18-43/h3,5-6,9,11-12,15-16,27,29-30,32,36-37H,4,7-8,10,13-14,17-26,28,43H2,1-2H3,(H,45,49)/t30?,36-,37?/m0/s1. The number of ketones is 1. The molecule has 14 nitrogen and oxygen atoms in total. The molecule has 0 radical (unpaired) electrons. The van der Waals surface area contributed by atoms with E-state index in [1.165, 1.54) is 23.3 Å². The largest absolute Gasteiger partial charge is 0.491 e. The Bertz CT molecular complexity index is 1720. The van der Waals surface area contributed by atoms with E-state index in [9.17, 15) is 19.2 Å². The van der Waals surface area contributed by atoms with Gasteiger partial charge in [0.05, 0.1) is 45.7 Å². The van der Waals surface area contributed by atoms with Gasteiger partial charge in [-0.1, -0.05) is 61.7 Å². The molecule has 2 heterocycles. The fraction of sp³-hybridized carbons (Fsp3) is 0.548. The van der Waals surface area contributed by atoms with Gasteiger partial charge in [0.15, 0.2) is 0 Å². The van der Waals surface area contributed by atoms with Gasteiger partial charge >= 0.3 is 6.09 Å². The van der Waals surface area contributed by atoms with Crippen LogP contribution in [0.25, 0.3) is 0 Å². The van der Waals surface area contributed by atoms with Crippen molar-refractivity contribution in [3.05, 3.63) is 81.8 Å². The van der Waals surface area contributed by atoms with Crippen LogP contribution in [0.5, 0.6) is 5.75 Å². The quantitative estimate of drug-likeness (QED) is 0.102. The normalized spacial score (nSPS) is 16.8. The second-order valence-corrected chi connectivity index (χ2v) is 15.2. The number of carbonyl (C=O) groups is 4. The van der Waals surface area contributed by atoms with E-state index < -0.39 is 24.1 Å². The molecule has 2 aromatic carbocycles. The van der Waals surface area contributed by atoms with Gasteiger partial charge in [0.2, 0.25) is 17.6 Å². The number of likely N-dealkylation sites (tertiary alicyclic amines) is 1. The van der Waals surface area contributed by atoms with E-state index in [0.717, 1.165) is 44.1 Å². The van der Waals surface area contributed by atoms with Gasteiger partial charge in [-0.05, 0) is 56.2 Å². The van der Waals surface area contributed by atoms with E-state index in [1.807, 2.05) is 35.2 Å². The molecule has 3 N–H and O–H groups in total. The maximum Gasteiger partial charge on any atom is 0.410 e. The molecule has 310 valence electrons. The van der Waals surface area contributed by atoms with Crippen LogP contribution < -0.4 is 15.8 Å². The van der Waals surface area contributed by atoms with Crippen molar-refractivity contribution in [3.63, 3.8) is 0 Å². The summed E-state index contributed by atoms with van der Waals surface area (Å²) in [5.41, 5.74) is 6.97. The SMILES string of the molecule is CC(C(=O)NC(C(=O)N1CCC[C@H]1c1nc(C(=O)c2cccc(OCCOCCOCCOCCN)c2)cs1)C1CCCCC1)N(C)C(=O)OCc1ccccc1. The molecule has 1 aromatic heterocycles. The van der Waals surface area contributed by atoms with Crippen molar-refractivity contribution >= 4 is 35.0 Å². The fourth-order valence-electron chi connectivity index (χ4n) is 7.01. The number of ether oxygens (including phenoxy) is 5. The number of likely N-dealkylation sites (N-methyl/N-ethyl adjacent to an activating group) is 1. The molecule has 15 heteroatoms. The smallest absolute Gasteiger partial charge is 0.410 e. The number of thiazole rings is 1. The first kappa shape index (κ1) is 43.7. The van der Waals surface area contributed by atoms with Crippen molar-refractivity contribution < 1.29 is 42.9 Å². The van der Waals surface area contributed by atoms with Crippen LogP contribution in [0, 0.1) is 5.92 Å². The highest BCUT2D eigenvalue weighted by molar-refractivity contribution is 7.10. The average Bonchev–Trinajstić information content (AvgIpc) is 3.94. The lowest BCUT2D eigenvalue weighted by Crippen LogP contribution is -2.56. The highest BCUT2D eigenvalue weighted by Gasteiger charge is 2.41. The van der Waals surface area contributed by atoms with Crippen molar-refractivity contribution in [1.82, 2.24) is 20.1 Å². The molecular weight excluding hydrogens is 751 g/mol. The molecule has 3 atom stereocenters. The zero-order chi connectivity index (χ0) is 40.4. The summed E-state index contributed by atoms with van der Waals surface area (Å²) in [4.78, 5) is 62.4. The minimum atomic E-state index is -0.866. The predicted octanol–water partition coefficient (Wildman–Crippen LogP) is 5.15. The lowest BCUT2D eigenvalue weighted by molar-refractivity contribution is -0.140. The molecule has 3 aromatic rings. The molecular formula is C42H57N5O9S. The van der Waals surface area contributed by atoms with Gasteiger partial charge in [-0.3, -0.25) is 19.3 Å². The molecule has 5 rings (SSSR count). The molecule has 0 spiro atoms. The summed E-state index contributed by atoms with van der Waals surface area (Å²) in [6.45, 7) is 5.76. The van der Waals surface area contributed by atoms with Crippen LogP contribution in [0.2, 0.25) is 0 Å². The predicted molar refractivity (Wildman–Crippen MR) is 215 cm³/mol. The van der Waals surface area contributed by atoms with Crippen LogP contribution >= 0.6 is 11.3 Å². The minimum Gasteiger partial charge on any atom is -0.491 e. The molecule has 2 fully saturated rings. The topological polar surface area (TPSA) is 172 Å². The number of hydrogen-bond acceptors (Lipinski definition) is 12. The lowest BCUT2D eigenvalue weighted by atomic mass is 9.83. The van der Waals surface area contributed by atoms with E-state index in [1.54, 1.807) is 36.6 Å². The highest BCUT2D eigenvalue weighted by Crippen LogP contribution is 2.37. The third-order valence-corrected chi connectivity index (χ3v) is 11.3. The zero-order valence-corrected chi connectivity index (χ0v) is 33.9. The maximum atomic E-state index is 14.4. The van der Waals surface area contributed by atoms with Crippen LogP contribution in [0.15, 0.2) is 60.0 Å². The van der Waals surface area contributed by atoms with E-state index in [0.29, 0.717) is 87.8 Å². The highest BCUT2D eigenvalue weighted by atomic mass is 32.1. The van der Waals surface area contributed by atoms with Gasteiger partial charge < -0.3 is 39.6 Å². The first-order valence-electron chi connectivity index (χ1n) is 20.0. The van der Waals surface area contributed by atoms with Gasteiger partial charge in [0, 0.05) is 31.1 Å². The molecule has 3 amide bonds. The van der Waals surface area contributed by atoms with Gasteiger partial charge in [0.25, 0.3) is 0 Å². The van der Waals surface area contributed by atoms with Gasteiger partial charge in [-0.2, -0.15) is 0 Å².